The minimum atomic E-state index is -0.601. The molecule has 0 saturated carbocycles. The van der Waals surface area contributed by atoms with E-state index in [2.05, 4.69) is 287 Å². The molecule has 0 amide bonds. The minimum absolute atomic E-state index is 0.601. The molecule has 0 fully saturated rings. The van der Waals surface area contributed by atoms with Crippen molar-refractivity contribution >= 4 is 55.9 Å². The molecule has 12 aromatic rings. The van der Waals surface area contributed by atoms with E-state index in [1.807, 2.05) is 0 Å². The van der Waals surface area contributed by atoms with Crippen molar-refractivity contribution in [2.75, 3.05) is 9.80 Å². The molecule has 3 heteroatoms. The first-order valence-corrected chi connectivity index (χ1v) is 24.2. The highest BCUT2D eigenvalue weighted by Gasteiger charge is 2.52. The predicted octanol–water partition coefficient (Wildman–Crippen LogP) is 17.7. The number of benzene rings is 11. The molecule has 1 heterocycles. The third-order valence-electron chi connectivity index (χ3n) is 14.7. The molecule has 1 unspecified atom stereocenters. The number of para-hydroxylation sites is 4. The third-order valence-corrected chi connectivity index (χ3v) is 14.7. The summed E-state index contributed by atoms with van der Waals surface area (Å²) in [5, 5.41) is 2.41. The lowest BCUT2D eigenvalue weighted by Crippen LogP contribution is -2.26. The first kappa shape index (κ1) is 39.9. The fourth-order valence-electron chi connectivity index (χ4n) is 11.9. The van der Waals surface area contributed by atoms with Crippen LogP contribution >= 0.6 is 0 Å². The molecule has 14 rings (SSSR count). The topological polar surface area (TPSA) is 11.4 Å². The zero-order chi connectivity index (χ0) is 46.2. The zero-order valence-electron chi connectivity index (χ0n) is 38.3. The Hall–Kier alpha value is -9.18. The Labute approximate surface area is 408 Å². The number of anilines is 6. The largest absolute Gasteiger partial charge is 0.310 e. The zero-order valence-corrected chi connectivity index (χ0v) is 38.3. The molecule has 1 atom stereocenters. The fraction of sp³-hybridized carbons (Fsp3) is 0.0149. The average Bonchev–Trinajstić information content (AvgIpc) is 4.04. The molecular weight excluding hydrogens is 847 g/mol. The lowest BCUT2D eigenvalue weighted by atomic mass is 9.70. The van der Waals surface area contributed by atoms with Gasteiger partial charge in [-0.15, -0.1) is 0 Å². The van der Waals surface area contributed by atoms with Gasteiger partial charge in [0.2, 0.25) is 0 Å². The summed E-state index contributed by atoms with van der Waals surface area (Å²) in [7, 11) is 0. The van der Waals surface area contributed by atoms with E-state index >= 15 is 0 Å². The van der Waals surface area contributed by atoms with Crippen LogP contribution in [-0.4, -0.2) is 4.57 Å². The van der Waals surface area contributed by atoms with Crippen LogP contribution in [0.4, 0.5) is 34.1 Å². The van der Waals surface area contributed by atoms with Gasteiger partial charge in [0.25, 0.3) is 0 Å². The first-order chi connectivity index (χ1) is 34.8. The highest BCUT2D eigenvalue weighted by Crippen LogP contribution is 2.64. The number of aromatic nitrogens is 1. The Morgan fingerprint density at radius 1 is 0.286 bits per heavy atom. The molecule has 1 spiro atoms. The van der Waals surface area contributed by atoms with E-state index in [1.165, 1.54) is 71.9 Å². The Morgan fingerprint density at radius 3 is 1.39 bits per heavy atom. The minimum Gasteiger partial charge on any atom is -0.310 e. The van der Waals surface area contributed by atoms with Crippen molar-refractivity contribution in [2.24, 2.45) is 0 Å². The summed E-state index contributed by atoms with van der Waals surface area (Å²) in [5.74, 6) is 0. The molecule has 328 valence electrons. The number of hydrogen-bond donors (Lipinski definition) is 0. The first-order valence-electron chi connectivity index (χ1n) is 24.2. The van der Waals surface area contributed by atoms with Crippen molar-refractivity contribution in [2.45, 2.75) is 5.41 Å². The van der Waals surface area contributed by atoms with Crippen LogP contribution in [0.3, 0.4) is 0 Å². The second-order valence-corrected chi connectivity index (χ2v) is 18.4. The molecule has 2 aliphatic rings. The Morgan fingerprint density at radius 2 is 0.743 bits per heavy atom. The number of nitrogens with zero attached hydrogens (tertiary/aromatic N) is 3. The van der Waals surface area contributed by atoms with Crippen LogP contribution in [0.15, 0.2) is 273 Å². The lowest BCUT2D eigenvalue weighted by molar-refractivity contribution is 0.793. The maximum absolute atomic E-state index is 2.52. The number of rotatable bonds is 8. The smallest absolute Gasteiger partial charge is 0.0727 e. The highest BCUT2D eigenvalue weighted by atomic mass is 15.2. The molecule has 3 nitrogen and oxygen atoms in total. The van der Waals surface area contributed by atoms with E-state index in [1.54, 1.807) is 0 Å². The van der Waals surface area contributed by atoms with E-state index in [0.717, 1.165) is 45.3 Å². The van der Waals surface area contributed by atoms with Crippen molar-refractivity contribution < 1.29 is 0 Å². The summed E-state index contributed by atoms with van der Waals surface area (Å²) < 4.78 is 2.42. The molecule has 11 aromatic carbocycles. The van der Waals surface area contributed by atoms with Crippen LogP contribution in [0, 0.1) is 0 Å². The van der Waals surface area contributed by atoms with Gasteiger partial charge in [-0.3, -0.25) is 0 Å². The van der Waals surface area contributed by atoms with Gasteiger partial charge in [-0.05, 0) is 147 Å². The molecule has 0 bridgehead atoms. The summed E-state index contributed by atoms with van der Waals surface area (Å²) >= 11 is 0. The normalized spacial score (nSPS) is 14.1. The van der Waals surface area contributed by atoms with E-state index in [0.29, 0.717) is 0 Å². The van der Waals surface area contributed by atoms with Crippen LogP contribution in [0.2, 0.25) is 0 Å². The fourth-order valence-corrected chi connectivity index (χ4v) is 11.9. The summed E-state index contributed by atoms with van der Waals surface area (Å²) in [6.45, 7) is 0. The quantitative estimate of drug-likeness (QED) is 0.151. The number of fused-ring (bicyclic) bond motifs is 13. The monoisotopic (exact) mass is 891 g/mol. The van der Waals surface area contributed by atoms with Gasteiger partial charge in [0.1, 0.15) is 0 Å². The summed E-state index contributed by atoms with van der Waals surface area (Å²) in [6.07, 6.45) is 0. The van der Waals surface area contributed by atoms with Crippen LogP contribution < -0.4 is 9.80 Å². The lowest BCUT2D eigenvalue weighted by Gasteiger charge is -2.33. The van der Waals surface area contributed by atoms with Crippen molar-refractivity contribution in [3.05, 3.63) is 295 Å². The van der Waals surface area contributed by atoms with E-state index in [-0.39, 0.29) is 0 Å². The van der Waals surface area contributed by atoms with E-state index < -0.39 is 5.41 Å². The van der Waals surface area contributed by atoms with Gasteiger partial charge in [-0.2, -0.15) is 0 Å². The van der Waals surface area contributed by atoms with Gasteiger partial charge in [0.05, 0.1) is 22.1 Å². The van der Waals surface area contributed by atoms with E-state index in [4.69, 9.17) is 0 Å². The van der Waals surface area contributed by atoms with Gasteiger partial charge >= 0.3 is 0 Å². The van der Waals surface area contributed by atoms with Crippen LogP contribution in [0.5, 0.6) is 0 Å². The Bertz CT molecular complexity index is 3900. The molecule has 2 aliphatic carbocycles. The maximum atomic E-state index is 2.52. The second kappa shape index (κ2) is 16.0. The van der Waals surface area contributed by atoms with Crippen molar-refractivity contribution in [3.8, 4) is 39.1 Å². The standard InChI is InChI=1S/C67H45N3/c1-5-21-46(22-6-1)47-23-19-30-51(43-47)69(64-37-20-38-65-66(64)58-33-15-18-36-63(58)70(65)50-28-11-4-12-29-50)53-40-42-57-55-32-14-17-35-60(55)67(62(57)45-53)59-34-16-13-31-54(59)56-41-39-52(44-61(56)67)68(48-24-7-2-8-25-48)49-26-9-3-10-27-49/h1-45H. The number of hydrogen-bond acceptors (Lipinski definition) is 2. The van der Waals surface area contributed by atoms with Crippen LogP contribution in [-0.2, 0) is 5.41 Å². The van der Waals surface area contributed by atoms with Gasteiger partial charge in [0, 0.05) is 44.9 Å². The summed E-state index contributed by atoms with van der Waals surface area (Å²) in [4.78, 5) is 4.90. The van der Waals surface area contributed by atoms with Gasteiger partial charge < -0.3 is 14.4 Å². The molecule has 0 saturated heterocycles. The SMILES string of the molecule is c1ccc(-c2cccc(N(c3ccc4c(c3)C3(c5ccccc5-c5ccc(N(c6ccccc6)c6ccccc6)cc53)c3ccccc3-4)c3cccc4c3c3ccccc3n4-c3ccccc3)c2)cc1. The molecular formula is C67H45N3. The molecule has 0 radical (unpaired) electrons. The molecule has 0 aliphatic heterocycles. The van der Waals surface area contributed by atoms with Gasteiger partial charge in [-0.25, -0.2) is 0 Å². The predicted molar refractivity (Wildman–Crippen MR) is 292 cm³/mol. The molecule has 0 N–H and O–H groups in total. The van der Waals surface area contributed by atoms with Gasteiger partial charge in [-0.1, -0.05) is 182 Å². The van der Waals surface area contributed by atoms with E-state index in [9.17, 15) is 0 Å². The molecule has 1 aromatic heterocycles. The average molecular weight is 892 g/mol. The van der Waals surface area contributed by atoms with Gasteiger partial charge in [0.15, 0.2) is 0 Å². The van der Waals surface area contributed by atoms with Crippen molar-refractivity contribution in [3.63, 3.8) is 0 Å². The van der Waals surface area contributed by atoms with Crippen LogP contribution in [0.25, 0.3) is 60.9 Å². The highest BCUT2D eigenvalue weighted by molar-refractivity contribution is 6.16. The van der Waals surface area contributed by atoms with Crippen LogP contribution in [0.1, 0.15) is 22.3 Å². The Kier molecular flexibility index (Phi) is 9.11. The second-order valence-electron chi connectivity index (χ2n) is 18.4. The maximum Gasteiger partial charge on any atom is 0.0727 e. The summed E-state index contributed by atoms with van der Waals surface area (Å²) in [5.41, 5.74) is 22.1. The molecule has 70 heavy (non-hydrogen) atoms. The van der Waals surface area contributed by atoms with Crippen molar-refractivity contribution in [1.82, 2.24) is 4.57 Å². The summed E-state index contributed by atoms with van der Waals surface area (Å²) in [6, 6.07) is 100. The van der Waals surface area contributed by atoms with Crippen molar-refractivity contribution in [1.29, 1.82) is 0 Å². The third kappa shape index (κ3) is 5.95. The Balaban J connectivity index is 1.05.